The minimum absolute atomic E-state index is 0.0121. The van der Waals surface area contributed by atoms with Crippen molar-refractivity contribution >= 4 is 15.9 Å². The van der Waals surface area contributed by atoms with E-state index in [1.807, 2.05) is 54.6 Å². The average molecular weight is 451 g/mol. The third kappa shape index (κ3) is 6.03. The van der Waals surface area contributed by atoms with Crippen LogP contribution in [0.1, 0.15) is 39.9 Å². The van der Waals surface area contributed by atoms with Crippen molar-refractivity contribution in [2.24, 2.45) is 0 Å². The van der Waals surface area contributed by atoms with Gasteiger partial charge in [-0.05, 0) is 47.7 Å². The zero-order chi connectivity index (χ0) is 22.4. The molecular formula is C25H26N2O4S. The molecule has 1 aliphatic carbocycles. The van der Waals surface area contributed by atoms with Crippen LogP contribution in [0.5, 0.6) is 0 Å². The van der Waals surface area contributed by atoms with Crippen LogP contribution < -0.4 is 10.0 Å². The summed E-state index contributed by atoms with van der Waals surface area (Å²) in [4.78, 5) is 12.8. The van der Waals surface area contributed by atoms with E-state index < -0.39 is 10.0 Å². The van der Waals surface area contributed by atoms with Gasteiger partial charge in [-0.3, -0.25) is 4.79 Å². The molecule has 166 valence electrons. The predicted octanol–water partition coefficient (Wildman–Crippen LogP) is 3.77. The number of rotatable bonds is 10. The minimum atomic E-state index is -3.61. The van der Waals surface area contributed by atoms with E-state index in [9.17, 15) is 13.2 Å². The molecule has 7 heteroatoms. The molecule has 1 saturated carbocycles. The number of sulfonamides is 1. The van der Waals surface area contributed by atoms with Crippen LogP contribution >= 0.6 is 0 Å². The molecule has 0 saturated heterocycles. The van der Waals surface area contributed by atoms with Crippen molar-refractivity contribution < 1.29 is 17.9 Å². The van der Waals surface area contributed by atoms with Crippen molar-refractivity contribution in [2.45, 2.75) is 43.5 Å². The molecular weight excluding hydrogens is 424 g/mol. The lowest BCUT2D eigenvalue weighted by molar-refractivity contribution is 0.0947. The predicted molar refractivity (Wildman–Crippen MR) is 122 cm³/mol. The van der Waals surface area contributed by atoms with E-state index in [1.54, 1.807) is 12.1 Å². The molecule has 6 nitrogen and oxygen atoms in total. The highest BCUT2D eigenvalue weighted by molar-refractivity contribution is 7.89. The summed E-state index contributed by atoms with van der Waals surface area (Å²) in [5, 5.41) is 2.89. The van der Waals surface area contributed by atoms with Crippen molar-refractivity contribution in [1.29, 1.82) is 0 Å². The molecule has 0 spiro atoms. The maximum Gasteiger partial charge on any atom is 0.251 e. The lowest BCUT2D eigenvalue weighted by atomic mass is 10.1. The third-order valence-corrected chi connectivity index (χ3v) is 6.75. The first-order valence-electron chi connectivity index (χ1n) is 10.6. The molecule has 0 unspecified atom stereocenters. The molecule has 3 aromatic rings. The summed E-state index contributed by atoms with van der Waals surface area (Å²) in [6.45, 7) is 1.26. The summed E-state index contributed by atoms with van der Waals surface area (Å²) in [6, 6.07) is 23.8. The van der Waals surface area contributed by atoms with Crippen LogP contribution in [0.4, 0.5) is 0 Å². The number of hydrogen-bond acceptors (Lipinski definition) is 4. The number of hydrogen-bond donors (Lipinski definition) is 2. The van der Waals surface area contributed by atoms with Gasteiger partial charge in [0.05, 0.1) is 18.1 Å². The first kappa shape index (κ1) is 22.2. The molecule has 0 aliphatic heterocycles. The Bertz CT molecular complexity index is 1180. The molecule has 0 aromatic heterocycles. The zero-order valence-corrected chi connectivity index (χ0v) is 18.5. The van der Waals surface area contributed by atoms with E-state index in [1.165, 1.54) is 12.1 Å². The fourth-order valence-electron chi connectivity index (χ4n) is 3.29. The van der Waals surface area contributed by atoms with Crippen molar-refractivity contribution in [3.63, 3.8) is 0 Å². The SMILES string of the molecule is O=C(NCc1ccccc1COCc1ccccc1)c1cccc(S(=O)(=O)NC2CC2)c1. The topological polar surface area (TPSA) is 84.5 Å². The molecule has 1 fully saturated rings. The van der Waals surface area contributed by atoms with Crippen molar-refractivity contribution in [3.8, 4) is 0 Å². The van der Waals surface area contributed by atoms with Gasteiger partial charge in [-0.25, -0.2) is 13.1 Å². The lowest BCUT2D eigenvalue weighted by Gasteiger charge is -2.12. The fourth-order valence-corrected chi connectivity index (χ4v) is 4.64. The lowest BCUT2D eigenvalue weighted by Crippen LogP contribution is -2.27. The van der Waals surface area contributed by atoms with E-state index in [0.717, 1.165) is 29.5 Å². The second-order valence-electron chi connectivity index (χ2n) is 7.85. The molecule has 0 atom stereocenters. The standard InChI is InChI=1S/C25H26N2O4S/c28-25(20-11-6-12-24(15-20)32(29,30)27-23-13-14-23)26-16-21-9-4-5-10-22(21)18-31-17-19-7-2-1-3-8-19/h1-12,15,23,27H,13-14,16-18H2,(H,26,28). The maximum atomic E-state index is 12.7. The van der Waals surface area contributed by atoms with Crippen LogP contribution in [-0.2, 0) is 34.5 Å². The van der Waals surface area contributed by atoms with Gasteiger partial charge in [0, 0.05) is 18.2 Å². The van der Waals surface area contributed by atoms with E-state index in [4.69, 9.17) is 4.74 Å². The van der Waals surface area contributed by atoms with Gasteiger partial charge in [-0.2, -0.15) is 0 Å². The Morgan fingerprint density at radius 2 is 1.59 bits per heavy atom. The Morgan fingerprint density at radius 1 is 0.875 bits per heavy atom. The molecule has 4 rings (SSSR count). The van der Waals surface area contributed by atoms with Gasteiger partial charge in [0.2, 0.25) is 10.0 Å². The highest BCUT2D eigenvalue weighted by atomic mass is 32.2. The van der Waals surface area contributed by atoms with Crippen LogP contribution in [0.15, 0.2) is 83.8 Å². The second-order valence-corrected chi connectivity index (χ2v) is 9.57. The van der Waals surface area contributed by atoms with Gasteiger partial charge < -0.3 is 10.1 Å². The van der Waals surface area contributed by atoms with E-state index in [2.05, 4.69) is 10.0 Å². The van der Waals surface area contributed by atoms with Crippen LogP contribution in [0.2, 0.25) is 0 Å². The van der Waals surface area contributed by atoms with Gasteiger partial charge in [0.25, 0.3) is 5.91 Å². The highest BCUT2D eigenvalue weighted by Gasteiger charge is 2.28. The van der Waals surface area contributed by atoms with Crippen LogP contribution in [0, 0.1) is 0 Å². The van der Waals surface area contributed by atoms with Crippen LogP contribution in [0.3, 0.4) is 0 Å². The van der Waals surface area contributed by atoms with E-state index >= 15 is 0 Å². The van der Waals surface area contributed by atoms with Gasteiger partial charge in [0.15, 0.2) is 0 Å². The molecule has 1 aliphatic rings. The van der Waals surface area contributed by atoms with Gasteiger partial charge in [0.1, 0.15) is 0 Å². The van der Waals surface area contributed by atoms with Crippen molar-refractivity contribution in [1.82, 2.24) is 10.0 Å². The normalized spacial score (nSPS) is 13.6. The molecule has 2 N–H and O–H groups in total. The first-order chi connectivity index (χ1) is 15.5. The Balaban J connectivity index is 1.36. The number of nitrogens with one attached hydrogen (secondary N) is 2. The van der Waals surface area contributed by atoms with Crippen molar-refractivity contribution in [3.05, 3.63) is 101 Å². The van der Waals surface area contributed by atoms with Gasteiger partial charge in [-0.1, -0.05) is 60.7 Å². The first-order valence-corrected chi connectivity index (χ1v) is 12.1. The molecule has 0 heterocycles. The number of carbonyl (C=O) groups is 1. The summed E-state index contributed by atoms with van der Waals surface area (Å²) < 4.78 is 33.3. The number of carbonyl (C=O) groups excluding carboxylic acids is 1. The summed E-state index contributed by atoms with van der Waals surface area (Å²) in [5.41, 5.74) is 3.35. The quantitative estimate of drug-likeness (QED) is 0.492. The molecule has 0 bridgehead atoms. The molecule has 32 heavy (non-hydrogen) atoms. The van der Waals surface area contributed by atoms with Crippen molar-refractivity contribution in [2.75, 3.05) is 0 Å². The summed E-state index contributed by atoms with van der Waals surface area (Å²) in [7, 11) is -3.61. The van der Waals surface area contributed by atoms with Crippen LogP contribution in [-0.4, -0.2) is 20.4 Å². The summed E-state index contributed by atoms with van der Waals surface area (Å²) in [6.07, 6.45) is 1.71. The Labute approximate surface area is 188 Å². The molecule has 3 aromatic carbocycles. The largest absolute Gasteiger partial charge is 0.372 e. The maximum absolute atomic E-state index is 12.7. The number of ether oxygens (including phenoxy) is 1. The monoisotopic (exact) mass is 450 g/mol. The fraction of sp³-hybridized carbons (Fsp3) is 0.240. The summed E-state index contributed by atoms with van der Waals surface area (Å²) >= 11 is 0. The van der Waals surface area contributed by atoms with Crippen LogP contribution in [0.25, 0.3) is 0 Å². The van der Waals surface area contributed by atoms with E-state index in [0.29, 0.717) is 25.3 Å². The Kier molecular flexibility index (Phi) is 6.99. The van der Waals surface area contributed by atoms with Gasteiger partial charge >= 0.3 is 0 Å². The smallest absolute Gasteiger partial charge is 0.251 e. The average Bonchev–Trinajstić information content (AvgIpc) is 3.62. The Morgan fingerprint density at radius 3 is 2.34 bits per heavy atom. The highest BCUT2D eigenvalue weighted by Crippen LogP contribution is 2.22. The second kappa shape index (κ2) is 10.1. The third-order valence-electron chi connectivity index (χ3n) is 5.23. The minimum Gasteiger partial charge on any atom is -0.372 e. The number of benzene rings is 3. The van der Waals surface area contributed by atoms with E-state index in [-0.39, 0.29) is 16.8 Å². The Hall–Kier alpha value is -3.00. The molecule has 1 amide bonds. The summed E-state index contributed by atoms with van der Waals surface area (Å²) in [5.74, 6) is -0.325. The number of amides is 1. The zero-order valence-electron chi connectivity index (χ0n) is 17.7. The van der Waals surface area contributed by atoms with Gasteiger partial charge in [-0.15, -0.1) is 0 Å². The molecule has 0 radical (unpaired) electrons.